The number of hydrogen-bond donors (Lipinski definition) is 1. The van der Waals surface area contributed by atoms with E-state index in [0.717, 1.165) is 19.5 Å². The number of hydroxylamine groups is 2. The van der Waals surface area contributed by atoms with Gasteiger partial charge in [0.2, 0.25) is 0 Å². The molecule has 4 heteroatoms. The molecule has 0 amide bonds. The van der Waals surface area contributed by atoms with Gasteiger partial charge in [0.15, 0.2) is 0 Å². The average Bonchev–Trinajstić information content (AvgIpc) is 2.03. The molecule has 2 N–H and O–H groups in total. The normalized spacial score (nSPS) is 20.1. The Labute approximate surface area is 79.0 Å². The second-order valence-electron chi connectivity index (χ2n) is 4.30. The molecule has 1 saturated heterocycles. The Kier molecular flexibility index (Phi) is 3.27. The summed E-state index contributed by atoms with van der Waals surface area (Å²) in [4.78, 5) is 16.0. The molecule has 0 aromatic heterocycles. The Morgan fingerprint density at radius 3 is 2.85 bits per heavy atom. The zero-order chi connectivity index (χ0) is 9.90. The fourth-order valence-electron chi connectivity index (χ4n) is 1.29. The second kappa shape index (κ2) is 4.07. The van der Waals surface area contributed by atoms with Crippen LogP contribution in [-0.2, 0) is 9.63 Å². The number of carbonyl (C=O) groups excluding carboxylic acids is 1. The van der Waals surface area contributed by atoms with E-state index in [4.69, 9.17) is 10.6 Å². The molecule has 1 aliphatic rings. The molecular weight excluding hydrogens is 168 g/mol. The monoisotopic (exact) mass is 186 g/mol. The fraction of sp³-hybridized carbons (Fsp3) is 0.889. The smallest absolute Gasteiger partial charge is 0.325 e. The lowest BCUT2D eigenvalue weighted by molar-refractivity contribution is -0.206. The highest BCUT2D eigenvalue weighted by Crippen LogP contribution is 2.17. The van der Waals surface area contributed by atoms with Crippen molar-refractivity contribution in [3.05, 3.63) is 0 Å². The van der Waals surface area contributed by atoms with Crippen LogP contribution in [0.25, 0.3) is 0 Å². The third kappa shape index (κ3) is 3.32. The first kappa shape index (κ1) is 10.5. The summed E-state index contributed by atoms with van der Waals surface area (Å²) in [6, 6.07) is 0. The molecule has 0 aliphatic carbocycles. The van der Waals surface area contributed by atoms with Gasteiger partial charge in [-0.15, -0.1) is 5.06 Å². The van der Waals surface area contributed by atoms with Crippen LogP contribution in [0.5, 0.6) is 0 Å². The van der Waals surface area contributed by atoms with Crippen LogP contribution in [-0.4, -0.2) is 30.7 Å². The van der Waals surface area contributed by atoms with E-state index < -0.39 is 0 Å². The zero-order valence-electron chi connectivity index (χ0n) is 8.38. The minimum Gasteiger partial charge on any atom is -0.368 e. The van der Waals surface area contributed by atoms with Crippen molar-refractivity contribution in [3.8, 4) is 0 Å². The van der Waals surface area contributed by atoms with Crippen molar-refractivity contribution in [1.29, 1.82) is 0 Å². The summed E-state index contributed by atoms with van der Waals surface area (Å²) in [5.74, 6) is -0.126. The standard InChI is InChI=1S/C9H18N2O2/c1-9(2,6-10)7-11-5-3-4-8(12)13-11/h3-7,10H2,1-2H3. The van der Waals surface area contributed by atoms with Gasteiger partial charge < -0.3 is 10.6 Å². The summed E-state index contributed by atoms with van der Waals surface area (Å²) >= 11 is 0. The maximum absolute atomic E-state index is 11.0. The van der Waals surface area contributed by atoms with Crippen LogP contribution in [0.4, 0.5) is 0 Å². The first-order valence-electron chi connectivity index (χ1n) is 4.69. The molecule has 0 spiro atoms. The highest BCUT2D eigenvalue weighted by molar-refractivity contribution is 5.69. The molecular formula is C9H18N2O2. The minimum absolute atomic E-state index is 0.0115. The summed E-state index contributed by atoms with van der Waals surface area (Å²) in [5, 5.41) is 1.72. The molecule has 4 nitrogen and oxygen atoms in total. The number of carbonyl (C=O) groups is 1. The lowest BCUT2D eigenvalue weighted by Crippen LogP contribution is -2.42. The predicted octanol–water partition coefficient (Wildman–Crippen LogP) is 0.525. The highest BCUT2D eigenvalue weighted by Gasteiger charge is 2.25. The molecule has 0 radical (unpaired) electrons. The van der Waals surface area contributed by atoms with Gasteiger partial charge in [0.1, 0.15) is 0 Å². The molecule has 0 atom stereocenters. The van der Waals surface area contributed by atoms with Gasteiger partial charge in [0.05, 0.1) is 0 Å². The van der Waals surface area contributed by atoms with Gasteiger partial charge in [-0.2, -0.15) is 0 Å². The van der Waals surface area contributed by atoms with Crippen molar-refractivity contribution in [3.63, 3.8) is 0 Å². The van der Waals surface area contributed by atoms with Crippen molar-refractivity contribution in [1.82, 2.24) is 5.06 Å². The van der Waals surface area contributed by atoms with Crippen LogP contribution < -0.4 is 5.73 Å². The van der Waals surface area contributed by atoms with Gasteiger partial charge in [-0.05, 0) is 18.4 Å². The Morgan fingerprint density at radius 2 is 2.31 bits per heavy atom. The number of hydrogen-bond acceptors (Lipinski definition) is 4. The van der Waals surface area contributed by atoms with E-state index in [-0.39, 0.29) is 11.4 Å². The maximum atomic E-state index is 11.0. The lowest BCUT2D eigenvalue weighted by Gasteiger charge is -2.32. The Balaban J connectivity index is 2.40. The molecule has 1 rings (SSSR count). The van der Waals surface area contributed by atoms with Crippen LogP contribution in [0, 0.1) is 5.41 Å². The van der Waals surface area contributed by atoms with E-state index in [1.165, 1.54) is 0 Å². The SMILES string of the molecule is CC(C)(CN)CN1CCCC(=O)O1. The molecule has 0 aromatic rings. The van der Waals surface area contributed by atoms with Gasteiger partial charge in [0.25, 0.3) is 0 Å². The summed E-state index contributed by atoms with van der Waals surface area (Å²) < 4.78 is 0. The zero-order valence-corrected chi connectivity index (χ0v) is 8.38. The lowest BCUT2D eigenvalue weighted by atomic mass is 9.93. The van der Waals surface area contributed by atoms with Crippen LogP contribution in [0.2, 0.25) is 0 Å². The average molecular weight is 186 g/mol. The van der Waals surface area contributed by atoms with Crippen LogP contribution in [0.1, 0.15) is 26.7 Å². The quantitative estimate of drug-likeness (QED) is 0.698. The van der Waals surface area contributed by atoms with E-state index in [0.29, 0.717) is 13.0 Å². The molecule has 0 aromatic carbocycles. The first-order valence-corrected chi connectivity index (χ1v) is 4.69. The summed E-state index contributed by atoms with van der Waals surface area (Å²) in [6.07, 6.45) is 1.43. The molecule has 1 aliphatic heterocycles. The van der Waals surface area contributed by atoms with E-state index >= 15 is 0 Å². The summed E-state index contributed by atoms with van der Waals surface area (Å²) in [7, 11) is 0. The molecule has 0 saturated carbocycles. The van der Waals surface area contributed by atoms with Gasteiger partial charge in [0, 0.05) is 19.5 Å². The van der Waals surface area contributed by atoms with Gasteiger partial charge in [-0.1, -0.05) is 13.8 Å². The minimum atomic E-state index is -0.126. The van der Waals surface area contributed by atoms with Gasteiger partial charge in [-0.25, -0.2) is 0 Å². The summed E-state index contributed by atoms with van der Waals surface area (Å²) in [5.41, 5.74) is 5.60. The predicted molar refractivity (Wildman–Crippen MR) is 49.7 cm³/mol. The Hall–Kier alpha value is -0.610. The molecule has 13 heavy (non-hydrogen) atoms. The van der Waals surface area contributed by atoms with Crippen LogP contribution in [0.3, 0.4) is 0 Å². The van der Waals surface area contributed by atoms with Crippen molar-refractivity contribution in [2.45, 2.75) is 26.7 Å². The van der Waals surface area contributed by atoms with E-state index in [1.54, 1.807) is 5.06 Å². The van der Waals surface area contributed by atoms with Crippen molar-refractivity contribution in [2.75, 3.05) is 19.6 Å². The largest absolute Gasteiger partial charge is 0.368 e. The van der Waals surface area contributed by atoms with Gasteiger partial charge >= 0.3 is 5.97 Å². The third-order valence-electron chi connectivity index (χ3n) is 2.18. The Morgan fingerprint density at radius 1 is 1.62 bits per heavy atom. The van der Waals surface area contributed by atoms with Crippen LogP contribution in [0.15, 0.2) is 0 Å². The fourth-order valence-corrected chi connectivity index (χ4v) is 1.29. The summed E-state index contributed by atoms with van der Waals surface area (Å²) in [6.45, 7) is 6.27. The molecule has 1 fully saturated rings. The van der Waals surface area contributed by atoms with Crippen molar-refractivity contribution >= 4 is 5.97 Å². The molecule has 0 bridgehead atoms. The van der Waals surface area contributed by atoms with Gasteiger partial charge in [-0.3, -0.25) is 4.79 Å². The number of nitrogens with two attached hydrogens (primary N) is 1. The first-order chi connectivity index (χ1) is 6.03. The number of nitrogens with zero attached hydrogens (tertiary/aromatic N) is 1. The molecule has 0 unspecified atom stereocenters. The Bertz CT molecular complexity index is 192. The third-order valence-corrected chi connectivity index (χ3v) is 2.18. The van der Waals surface area contributed by atoms with Crippen LogP contribution >= 0.6 is 0 Å². The van der Waals surface area contributed by atoms with E-state index in [2.05, 4.69) is 13.8 Å². The number of rotatable bonds is 3. The van der Waals surface area contributed by atoms with Crippen molar-refractivity contribution in [2.24, 2.45) is 11.1 Å². The topological polar surface area (TPSA) is 55.6 Å². The molecule has 76 valence electrons. The second-order valence-corrected chi connectivity index (χ2v) is 4.30. The van der Waals surface area contributed by atoms with Crippen molar-refractivity contribution < 1.29 is 9.63 Å². The van der Waals surface area contributed by atoms with E-state index in [1.807, 2.05) is 0 Å². The van der Waals surface area contributed by atoms with E-state index in [9.17, 15) is 4.79 Å². The molecule has 1 heterocycles. The highest BCUT2D eigenvalue weighted by atomic mass is 16.7. The maximum Gasteiger partial charge on any atom is 0.325 e.